The maximum absolute atomic E-state index is 12.3. The number of Topliss-reactive ketones (excluding diaryl/α,β-unsaturated/α-hetero) is 1. The number of rotatable bonds is 4. The first-order valence-corrected chi connectivity index (χ1v) is 9.16. The number of para-hydroxylation sites is 1. The molecule has 0 unspecified atom stereocenters. The van der Waals surface area contributed by atoms with Crippen LogP contribution in [0.1, 0.15) is 45.6 Å². The number of hydrogen-bond donors (Lipinski definition) is 1. The van der Waals surface area contributed by atoms with E-state index in [2.05, 4.69) is 30.1 Å². The Hall–Kier alpha value is -2.81. The highest BCUT2D eigenvalue weighted by Gasteiger charge is 2.25. The molecule has 0 atom stereocenters. The molecule has 132 valence electrons. The fourth-order valence-electron chi connectivity index (χ4n) is 3.85. The van der Waals surface area contributed by atoms with Crippen LogP contribution >= 0.6 is 0 Å². The molecule has 3 aromatic rings. The predicted molar refractivity (Wildman–Crippen MR) is 104 cm³/mol. The van der Waals surface area contributed by atoms with E-state index in [-0.39, 0.29) is 5.78 Å². The van der Waals surface area contributed by atoms with Crippen LogP contribution in [0.2, 0.25) is 0 Å². The SMILES string of the molecule is Cc1ccccc1OCc1ccccc1-c1[nH]c(C)c2c1CCCC2=O. The lowest BCUT2D eigenvalue weighted by molar-refractivity contribution is 0.0972. The van der Waals surface area contributed by atoms with E-state index in [9.17, 15) is 4.79 Å². The number of nitrogens with one attached hydrogen (secondary N) is 1. The number of aromatic amines is 1. The minimum atomic E-state index is 0.264. The number of H-pyrrole nitrogens is 1. The second-order valence-corrected chi connectivity index (χ2v) is 6.97. The van der Waals surface area contributed by atoms with E-state index < -0.39 is 0 Å². The molecule has 1 heterocycles. The number of carbonyl (C=O) groups excluding carboxylic acids is 1. The number of benzene rings is 2. The van der Waals surface area contributed by atoms with E-state index in [0.29, 0.717) is 13.0 Å². The number of aromatic nitrogens is 1. The van der Waals surface area contributed by atoms with Crippen molar-refractivity contribution in [3.63, 3.8) is 0 Å². The second-order valence-electron chi connectivity index (χ2n) is 6.97. The fourth-order valence-corrected chi connectivity index (χ4v) is 3.85. The summed E-state index contributed by atoms with van der Waals surface area (Å²) in [7, 11) is 0. The monoisotopic (exact) mass is 345 g/mol. The maximum atomic E-state index is 12.3. The molecule has 0 fully saturated rings. The minimum absolute atomic E-state index is 0.264. The summed E-state index contributed by atoms with van der Waals surface area (Å²) in [4.78, 5) is 15.8. The average molecular weight is 345 g/mol. The molecule has 1 N–H and O–H groups in total. The van der Waals surface area contributed by atoms with Crippen molar-refractivity contribution in [3.05, 3.63) is 76.5 Å². The molecule has 0 radical (unpaired) electrons. The number of carbonyl (C=O) groups is 1. The quantitative estimate of drug-likeness (QED) is 0.688. The van der Waals surface area contributed by atoms with Crippen LogP contribution in [0.15, 0.2) is 48.5 Å². The van der Waals surface area contributed by atoms with Crippen molar-refractivity contribution < 1.29 is 9.53 Å². The molecule has 3 nitrogen and oxygen atoms in total. The summed E-state index contributed by atoms with van der Waals surface area (Å²) in [5.74, 6) is 1.17. The van der Waals surface area contributed by atoms with Crippen molar-refractivity contribution in [2.45, 2.75) is 39.7 Å². The van der Waals surface area contributed by atoms with Gasteiger partial charge in [0.05, 0.1) is 0 Å². The Bertz CT molecular complexity index is 968. The summed E-state index contributed by atoms with van der Waals surface area (Å²) in [6.45, 7) is 4.55. The van der Waals surface area contributed by atoms with Gasteiger partial charge in [-0.15, -0.1) is 0 Å². The molecule has 0 amide bonds. The summed E-state index contributed by atoms with van der Waals surface area (Å²) in [5.41, 5.74) is 7.51. The van der Waals surface area contributed by atoms with Gasteiger partial charge in [0.25, 0.3) is 0 Å². The Kier molecular flexibility index (Phi) is 4.37. The van der Waals surface area contributed by atoms with Crippen LogP contribution < -0.4 is 4.74 Å². The Balaban J connectivity index is 1.70. The summed E-state index contributed by atoms with van der Waals surface area (Å²) < 4.78 is 6.08. The van der Waals surface area contributed by atoms with Crippen LogP contribution in [-0.4, -0.2) is 10.8 Å². The molecule has 2 aromatic carbocycles. The van der Waals surface area contributed by atoms with E-state index in [0.717, 1.165) is 52.2 Å². The zero-order valence-electron chi connectivity index (χ0n) is 15.3. The first kappa shape index (κ1) is 16.6. The van der Waals surface area contributed by atoms with Crippen molar-refractivity contribution in [2.24, 2.45) is 0 Å². The summed E-state index contributed by atoms with van der Waals surface area (Å²) >= 11 is 0. The molecule has 0 saturated heterocycles. The van der Waals surface area contributed by atoms with Crippen molar-refractivity contribution in [1.82, 2.24) is 4.98 Å². The zero-order chi connectivity index (χ0) is 18.1. The van der Waals surface area contributed by atoms with Gasteiger partial charge in [0.15, 0.2) is 5.78 Å². The topological polar surface area (TPSA) is 42.1 Å². The molecule has 0 saturated carbocycles. The highest BCUT2D eigenvalue weighted by Crippen LogP contribution is 2.35. The summed E-state index contributed by atoms with van der Waals surface area (Å²) in [6, 6.07) is 16.3. The third kappa shape index (κ3) is 2.94. The summed E-state index contributed by atoms with van der Waals surface area (Å²) in [6.07, 6.45) is 2.54. The Morgan fingerprint density at radius 3 is 2.62 bits per heavy atom. The molecular formula is C23H23NO2. The van der Waals surface area contributed by atoms with Gasteiger partial charge in [-0.05, 0) is 49.4 Å². The van der Waals surface area contributed by atoms with Crippen molar-refractivity contribution in [3.8, 4) is 17.0 Å². The van der Waals surface area contributed by atoms with Crippen LogP contribution in [0, 0.1) is 13.8 Å². The van der Waals surface area contributed by atoms with Crippen molar-refractivity contribution in [2.75, 3.05) is 0 Å². The number of ether oxygens (including phenoxy) is 1. The lowest BCUT2D eigenvalue weighted by Gasteiger charge is -2.15. The highest BCUT2D eigenvalue weighted by atomic mass is 16.5. The first-order chi connectivity index (χ1) is 12.6. The molecule has 1 aromatic heterocycles. The van der Waals surface area contributed by atoms with Gasteiger partial charge in [0.1, 0.15) is 12.4 Å². The van der Waals surface area contributed by atoms with Gasteiger partial charge in [0, 0.05) is 28.9 Å². The molecule has 4 rings (SSSR count). The largest absolute Gasteiger partial charge is 0.489 e. The van der Waals surface area contributed by atoms with E-state index in [1.807, 2.05) is 37.3 Å². The molecule has 0 aliphatic heterocycles. The lowest BCUT2D eigenvalue weighted by atomic mass is 9.89. The lowest BCUT2D eigenvalue weighted by Crippen LogP contribution is -2.10. The van der Waals surface area contributed by atoms with Gasteiger partial charge < -0.3 is 9.72 Å². The fraction of sp³-hybridized carbons (Fsp3) is 0.261. The van der Waals surface area contributed by atoms with Crippen LogP contribution in [-0.2, 0) is 13.0 Å². The molecular weight excluding hydrogens is 322 g/mol. The van der Waals surface area contributed by atoms with Gasteiger partial charge in [-0.1, -0.05) is 42.5 Å². The minimum Gasteiger partial charge on any atom is -0.489 e. The van der Waals surface area contributed by atoms with E-state index in [1.54, 1.807) is 0 Å². The number of ketones is 1. The van der Waals surface area contributed by atoms with Crippen LogP contribution in [0.5, 0.6) is 5.75 Å². The first-order valence-electron chi connectivity index (χ1n) is 9.16. The summed E-state index contributed by atoms with van der Waals surface area (Å²) in [5, 5.41) is 0. The van der Waals surface area contributed by atoms with Crippen LogP contribution in [0.4, 0.5) is 0 Å². The molecule has 0 bridgehead atoms. The molecule has 0 spiro atoms. The standard InChI is InChI=1S/C23H23NO2/c1-15-8-3-6-13-21(15)26-14-17-9-4-5-10-18(17)23-19-11-7-12-20(25)22(19)16(2)24-23/h3-6,8-10,13,24H,7,11-12,14H2,1-2H3. The Labute approximate surface area is 154 Å². The van der Waals surface area contributed by atoms with E-state index in [4.69, 9.17) is 4.74 Å². The van der Waals surface area contributed by atoms with Gasteiger partial charge in [-0.2, -0.15) is 0 Å². The van der Waals surface area contributed by atoms with Gasteiger partial charge in [-0.25, -0.2) is 0 Å². The van der Waals surface area contributed by atoms with Crippen LogP contribution in [0.3, 0.4) is 0 Å². The molecule has 1 aliphatic carbocycles. The Morgan fingerprint density at radius 1 is 1.00 bits per heavy atom. The van der Waals surface area contributed by atoms with Crippen molar-refractivity contribution in [1.29, 1.82) is 0 Å². The van der Waals surface area contributed by atoms with Gasteiger partial charge in [0.2, 0.25) is 0 Å². The Morgan fingerprint density at radius 2 is 1.77 bits per heavy atom. The number of aryl methyl sites for hydroxylation is 2. The third-order valence-corrected chi connectivity index (χ3v) is 5.16. The second kappa shape index (κ2) is 6.83. The zero-order valence-corrected chi connectivity index (χ0v) is 15.3. The normalized spacial score (nSPS) is 13.5. The number of hydrogen-bond acceptors (Lipinski definition) is 2. The van der Waals surface area contributed by atoms with Crippen LogP contribution in [0.25, 0.3) is 11.3 Å². The average Bonchev–Trinajstić information content (AvgIpc) is 2.99. The molecule has 3 heteroatoms. The predicted octanol–water partition coefficient (Wildman–Crippen LogP) is 5.40. The smallest absolute Gasteiger partial charge is 0.164 e. The third-order valence-electron chi connectivity index (χ3n) is 5.16. The van der Waals surface area contributed by atoms with Gasteiger partial charge in [-0.3, -0.25) is 4.79 Å². The van der Waals surface area contributed by atoms with Gasteiger partial charge >= 0.3 is 0 Å². The van der Waals surface area contributed by atoms with E-state index in [1.165, 1.54) is 5.56 Å². The molecule has 26 heavy (non-hydrogen) atoms. The van der Waals surface area contributed by atoms with Crippen molar-refractivity contribution >= 4 is 5.78 Å². The number of fused-ring (bicyclic) bond motifs is 1. The highest BCUT2D eigenvalue weighted by molar-refractivity contribution is 6.01. The molecule has 1 aliphatic rings. The maximum Gasteiger partial charge on any atom is 0.164 e. The van der Waals surface area contributed by atoms with E-state index >= 15 is 0 Å².